The highest BCUT2D eigenvalue weighted by Gasteiger charge is 2.53. The number of nitrogens with zero attached hydrogens (tertiary/aromatic N) is 1. The number of hydrogen-bond acceptors (Lipinski definition) is 7. The summed E-state index contributed by atoms with van der Waals surface area (Å²) in [5.41, 5.74) is 0.855. The number of nitrogens with one attached hydrogen (secondary N) is 1. The average molecular weight is 563 g/mol. The lowest BCUT2D eigenvalue weighted by molar-refractivity contribution is -0.139. The van der Waals surface area contributed by atoms with Crippen molar-refractivity contribution in [1.29, 1.82) is 0 Å². The third-order valence-electron chi connectivity index (χ3n) is 6.48. The number of carboxylic acid groups (broad SMARTS) is 1. The number of rotatable bonds is 5. The van der Waals surface area contributed by atoms with Crippen LogP contribution < -0.4 is 5.32 Å². The molecule has 0 saturated heterocycles. The highest BCUT2D eigenvalue weighted by Crippen LogP contribution is 2.52. The molecule has 5 aromatic rings. The van der Waals surface area contributed by atoms with Crippen molar-refractivity contribution in [3.8, 4) is 11.8 Å². The molecule has 1 atom stereocenters. The maximum absolute atomic E-state index is 12.8. The van der Waals surface area contributed by atoms with E-state index >= 15 is 0 Å². The molecule has 7 nitrogen and oxygen atoms in total. The van der Waals surface area contributed by atoms with Gasteiger partial charge in [-0.1, -0.05) is 29.8 Å². The normalized spacial score (nSPS) is 14.6. The van der Waals surface area contributed by atoms with Crippen molar-refractivity contribution in [2.75, 3.05) is 5.32 Å². The van der Waals surface area contributed by atoms with Crippen LogP contribution in [0.1, 0.15) is 46.9 Å². The van der Waals surface area contributed by atoms with Gasteiger partial charge in [-0.3, -0.25) is 15.1 Å². The lowest BCUT2D eigenvalue weighted by atomic mass is 10.1. The lowest BCUT2D eigenvalue weighted by Gasteiger charge is -2.15. The SMILES string of the molecule is CC(OC(=O)Nc1c(C#Cc2cc3sc(C4(C(=O)O)CC4)cc3s2)oc2cnccc12)c1ccccc1Cl. The Kier molecular flexibility index (Phi) is 6.11. The highest BCUT2D eigenvalue weighted by atomic mass is 35.5. The molecule has 0 radical (unpaired) electrons. The van der Waals surface area contributed by atoms with Gasteiger partial charge in [-0.2, -0.15) is 0 Å². The number of aromatic nitrogens is 1. The minimum atomic E-state index is -0.759. The number of carboxylic acids is 1. The summed E-state index contributed by atoms with van der Waals surface area (Å²) in [6.45, 7) is 1.74. The number of halogens is 1. The first kappa shape index (κ1) is 24.5. The number of anilines is 1. The Morgan fingerprint density at radius 2 is 1.97 bits per heavy atom. The van der Waals surface area contributed by atoms with E-state index in [9.17, 15) is 14.7 Å². The molecule has 1 aromatic carbocycles. The van der Waals surface area contributed by atoms with Crippen LogP contribution in [0, 0.1) is 11.8 Å². The van der Waals surface area contributed by atoms with Crippen LogP contribution in [0.2, 0.25) is 5.02 Å². The number of ether oxygens (including phenoxy) is 1. The summed E-state index contributed by atoms with van der Waals surface area (Å²) in [7, 11) is 0. The molecule has 1 unspecified atom stereocenters. The predicted octanol–water partition coefficient (Wildman–Crippen LogP) is 7.58. The van der Waals surface area contributed by atoms with Crippen LogP contribution in [-0.2, 0) is 14.9 Å². The van der Waals surface area contributed by atoms with Crippen molar-refractivity contribution < 1.29 is 23.8 Å². The molecule has 1 saturated carbocycles. The van der Waals surface area contributed by atoms with Crippen LogP contribution in [0.3, 0.4) is 0 Å². The first-order chi connectivity index (χ1) is 18.3. The Bertz CT molecular complexity index is 1760. The zero-order valence-electron chi connectivity index (χ0n) is 19.9. The van der Waals surface area contributed by atoms with Crippen molar-refractivity contribution in [3.05, 3.63) is 81.0 Å². The molecule has 1 aliphatic carbocycles. The molecule has 1 fully saturated rings. The summed E-state index contributed by atoms with van der Waals surface area (Å²) in [5.74, 6) is 5.66. The third kappa shape index (κ3) is 4.41. The van der Waals surface area contributed by atoms with Gasteiger partial charge in [-0.25, -0.2) is 4.79 Å². The van der Waals surface area contributed by atoms with Crippen LogP contribution in [0.4, 0.5) is 10.5 Å². The highest BCUT2D eigenvalue weighted by molar-refractivity contribution is 7.28. The maximum Gasteiger partial charge on any atom is 0.412 e. The molecule has 0 aliphatic heterocycles. The van der Waals surface area contributed by atoms with Crippen LogP contribution in [0.5, 0.6) is 0 Å². The van der Waals surface area contributed by atoms with Crippen molar-refractivity contribution in [2.45, 2.75) is 31.3 Å². The van der Waals surface area contributed by atoms with Gasteiger partial charge >= 0.3 is 12.1 Å². The number of pyridine rings is 1. The molecular formula is C28H19ClN2O5S2. The molecule has 4 aromatic heterocycles. The molecule has 0 bridgehead atoms. The van der Waals surface area contributed by atoms with E-state index in [1.165, 1.54) is 22.7 Å². The Labute approximate surface area is 230 Å². The zero-order chi connectivity index (χ0) is 26.4. The van der Waals surface area contributed by atoms with Crippen molar-refractivity contribution in [2.24, 2.45) is 0 Å². The molecule has 38 heavy (non-hydrogen) atoms. The Morgan fingerprint density at radius 1 is 1.18 bits per heavy atom. The molecule has 0 spiro atoms. The van der Waals surface area contributed by atoms with Gasteiger partial charge in [0.25, 0.3) is 0 Å². The summed E-state index contributed by atoms with van der Waals surface area (Å²) in [5, 5.41) is 13.5. The van der Waals surface area contributed by atoms with Gasteiger partial charge in [0.1, 0.15) is 17.2 Å². The smallest absolute Gasteiger partial charge is 0.412 e. The Hall–Kier alpha value is -3.84. The summed E-state index contributed by atoms with van der Waals surface area (Å²) >= 11 is 9.24. The number of thiophene rings is 2. The van der Waals surface area contributed by atoms with E-state index in [1.54, 1.807) is 37.5 Å². The van der Waals surface area contributed by atoms with Gasteiger partial charge < -0.3 is 14.3 Å². The number of aliphatic carboxylic acids is 1. The number of carbonyl (C=O) groups excluding carboxylic acids is 1. The third-order valence-corrected chi connectivity index (χ3v) is 9.24. The summed E-state index contributed by atoms with van der Waals surface area (Å²) in [4.78, 5) is 30.3. The average Bonchev–Trinajstić information content (AvgIpc) is 3.32. The van der Waals surface area contributed by atoms with E-state index in [4.69, 9.17) is 20.8 Å². The van der Waals surface area contributed by atoms with Gasteiger partial charge in [0.15, 0.2) is 5.58 Å². The molecule has 1 amide bonds. The maximum atomic E-state index is 12.8. The largest absolute Gasteiger partial charge is 0.481 e. The number of furan rings is 1. The van der Waals surface area contributed by atoms with E-state index in [-0.39, 0.29) is 5.76 Å². The Balaban J connectivity index is 1.26. The standard InChI is InChI=1S/C28H19ClN2O5S2/c1-15(17-4-2-3-5-19(17)29)35-27(34)31-25-18-8-11-30-14-21(18)36-20(25)7-6-16-12-22-23(37-16)13-24(38-22)28(9-10-28)26(32)33/h2-5,8,11-15H,9-10H2,1H3,(H,31,34)(H,32,33). The molecule has 190 valence electrons. The number of fused-ring (bicyclic) bond motifs is 2. The minimum absolute atomic E-state index is 0.274. The van der Waals surface area contributed by atoms with Crippen molar-refractivity contribution >= 4 is 72.4 Å². The second-order valence-corrected chi connectivity index (χ2v) is 11.5. The quantitative estimate of drug-likeness (QED) is 0.214. The van der Waals surface area contributed by atoms with Crippen LogP contribution in [0.15, 0.2) is 59.3 Å². The Morgan fingerprint density at radius 3 is 2.71 bits per heavy atom. The summed E-state index contributed by atoms with van der Waals surface area (Å²) in [6, 6.07) is 12.8. The fraction of sp³-hybridized carbons (Fsp3) is 0.179. The minimum Gasteiger partial charge on any atom is -0.481 e. The van der Waals surface area contributed by atoms with Gasteiger partial charge in [-0.05, 0) is 55.9 Å². The topological polar surface area (TPSA) is 102 Å². The molecule has 4 heterocycles. The monoisotopic (exact) mass is 562 g/mol. The lowest BCUT2D eigenvalue weighted by Crippen LogP contribution is -2.17. The molecule has 10 heteroatoms. The number of hydrogen-bond donors (Lipinski definition) is 2. The number of carbonyl (C=O) groups is 2. The van der Waals surface area contributed by atoms with Gasteiger partial charge in [0.2, 0.25) is 5.76 Å². The van der Waals surface area contributed by atoms with Gasteiger partial charge in [-0.15, -0.1) is 22.7 Å². The first-order valence-electron chi connectivity index (χ1n) is 11.7. The molecule has 6 rings (SSSR count). The summed E-state index contributed by atoms with van der Waals surface area (Å²) < 4.78 is 13.5. The molecule has 1 aliphatic rings. The van der Waals surface area contributed by atoms with E-state index < -0.39 is 23.6 Å². The van der Waals surface area contributed by atoms with Crippen LogP contribution in [0.25, 0.3) is 20.4 Å². The zero-order valence-corrected chi connectivity index (χ0v) is 22.3. The fourth-order valence-electron chi connectivity index (χ4n) is 4.27. The van der Waals surface area contributed by atoms with Crippen LogP contribution >= 0.6 is 34.3 Å². The van der Waals surface area contributed by atoms with E-state index in [0.717, 1.165) is 19.2 Å². The van der Waals surface area contributed by atoms with Crippen molar-refractivity contribution in [3.63, 3.8) is 0 Å². The van der Waals surface area contributed by atoms with Crippen molar-refractivity contribution in [1.82, 2.24) is 4.98 Å². The van der Waals surface area contributed by atoms with E-state index in [2.05, 4.69) is 22.1 Å². The molecule has 2 N–H and O–H groups in total. The number of benzene rings is 1. The van der Waals surface area contributed by atoms with E-state index in [0.29, 0.717) is 40.1 Å². The fourth-order valence-corrected chi connectivity index (χ4v) is 7.04. The molecular weight excluding hydrogens is 544 g/mol. The summed E-state index contributed by atoms with van der Waals surface area (Å²) in [6.07, 6.45) is 3.28. The van der Waals surface area contributed by atoms with Gasteiger partial charge in [0.05, 0.1) is 11.1 Å². The second kappa shape index (κ2) is 9.48. The number of amides is 1. The first-order valence-corrected chi connectivity index (χ1v) is 13.7. The predicted molar refractivity (Wildman–Crippen MR) is 148 cm³/mol. The van der Waals surface area contributed by atoms with Crippen LogP contribution in [-0.4, -0.2) is 22.2 Å². The van der Waals surface area contributed by atoms with E-state index in [1.807, 2.05) is 24.3 Å². The van der Waals surface area contributed by atoms with Gasteiger partial charge in [0, 0.05) is 36.4 Å². The second-order valence-electron chi connectivity index (χ2n) is 8.96.